The third-order valence-corrected chi connectivity index (χ3v) is 5.46. The second kappa shape index (κ2) is 7.16. The molecule has 1 aromatic carbocycles. The van der Waals surface area contributed by atoms with Crippen LogP contribution in [-0.4, -0.2) is 45.5 Å². The number of hydrogen-bond acceptors (Lipinski definition) is 4. The van der Waals surface area contributed by atoms with Gasteiger partial charge in [-0.3, -0.25) is 4.79 Å². The number of benzene rings is 1. The van der Waals surface area contributed by atoms with Gasteiger partial charge in [0.2, 0.25) is 5.91 Å². The largest absolute Gasteiger partial charge is 0.385 e. The van der Waals surface area contributed by atoms with Crippen LogP contribution in [0.4, 0.5) is 13.2 Å². The zero-order chi connectivity index (χ0) is 20.8. The summed E-state index contributed by atoms with van der Waals surface area (Å²) in [6.07, 6.45) is 2.51. The number of rotatable bonds is 3. The van der Waals surface area contributed by atoms with Crippen molar-refractivity contribution in [3.8, 4) is 11.1 Å². The van der Waals surface area contributed by atoms with Crippen LogP contribution in [0, 0.1) is 17.5 Å². The van der Waals surface area contributed by atoms with Crippen LogP contribution in [0.25, 0.3) is 22.2 Å². The van der Waals surface area contributed by atoms with Crippen molar-refractivity contribution in [3.63, 3.8) is 0 Å². The number of aromatic nitrogens is 2. The van der Waals surface area contributed by atoms with E-state index in [-0.39, 0.29) is 60.5 Å². The van der Waals surface area contributed by atoms with E-state index in [1.54, 1.807) is 0 Å². The summed E-state index contributed by atoms with van der Waals surface area (Å²) in [5.74, 6) is -2.72. The number of halogens is 3. The van der Waals surface area contributed by atoms with E-state index < -0.39 is 28.6 Å². The monoisotopic (exact) mass is 404 g/mol. The molecular weight excluding hydrogens is 385 g/mol. The van der Waals surface area contributed by atoms with E-state index >= 15 is 0 Å². The molecule has 0 saturated carbocycles. The topological polar surface area (TPSA) is 95.2 Å². The van der Waals surface area contributed by atoms with E-state index in [1.165, 1.54) is 17.2 Å². The van der Waals surface area contributed by atoms with Crippen molar-refractivity contribution in [2.45, 2.75) is 18.4 Å². The van der Waals surface area contributed by atoms with Crippen molar-refractivity contribution in [2.24, 2.45) is 5.73 Å². The Balaban J connectivity index is 1.71. The Morgan fingerprint density at radius 1 is 1.21 bits per heavy atom. The van der Waals surface area contributed by atoms with Crippen LogP contribution < -0.4 is 5.73 Å². The van der Waals surface area contributed by atoms with Crippen molar-refractivity contribution in [1.82, 2.24) is 14.9 Å². The number of nitrogens with one attached hydrogen (secondary N) is 1. The molecule has 0 spiro atoms. The number of nitrogens with two attached hydrogens (primary N) is 1. The Morgan fingerprint density at radius 3 is 2.48 bits per heavy atom. The Hall–Kier alpha value is -2.91. The van der Waals surface area contributed by atoms with Crippen LogP contribution in [0.2, 0.25) is 0 Å². The normalized spacial score (nSPS) is 16.4. The number of amides is 1. The fourth-order valence-electron chi connectivity index (χ4n) is 3.94. The van der Waals surface area contributed by atoms with E-state index in [1.807, 2.05) is 0 Å². The van der Waals surface area contributed by atoms with Gasteiger partial charge in [-0.2, -0.15) is 0 Å². The minimum absolute atomic E-state index is 0.0160. The summed E-state index contributed by atoms with van der Waals surface area (Å²) >= 11 is 0. The van der Waals surface area contributed by atoms with Crippen molar-refractivity contribution < 1.29 is 23.1 Å². The van der Waals surface area contributed by atoms with Gasteiger partial charge in [-0.05, 0) is 42.2 Å². The molecule has 6 nitrogen and oxygen atoms in total. The van der Waals surface area contributed by atoms with Gasteiger partial charge < -0.3 is 20.7 Å². The lowest BCUT2D eigenvalue weighted by molar-refractivity contribution is -0.134. The quantitative estimate of drug-likeness (QED) is 0.625. The molecule has 4 N–H and O–H groups in total. The third-order valence-electron chi connectivity index (χ3n) is 5.46. The van der Waals surface area contributed by atoms with Crippen molar-refractivity contribution in [3.05, 3.63) is 53.6 Å². The van der Waals surface area contributed by atoms with Gasteiger partial charge >= 0.3 is 0 Å². The first kappa shape index (κ1) is 19.4. The smallest absolute Gasteiger partial charge is 0.236 e. The molecule has 0 unspecified atom stereocenters. The molecule has 1 aliphatic heterocycles. The molecule has 1 amide bonds. The number of H-pyrrole nitrogens is 1. The average Bonchev–Trinajstić information content (AvgIpc) is 3.08. The van der Waals surface area contributed by atoms with Gasteiger partial charge in [0.25, 0.3) is 0 Å². The molecule has 2 aromatic heterocycles. The number of piperidine rings is 1. The third kappa shape index (κ3) is 3.26. The number of aromatic amines is 1. The lowest BCUT2D eigenvalue weighted by Gasteiger charge is -2.38. The summed E-state index contributed by atoms with van der Waals surface area (Å²) in [5, 5.41) is 11.0. The first-order chi connectivity index (χ1) is 13.8. The highest BCUT2D eigenvalue weighted by Gasteiger charge is 2.39. The molecule has 152 valence electrons. The van der Waals surface area contributed by atoms with E-state index in [9.17, 15) is 23.1 Å². The van der Waals surface area contributed by atoms with Crippen LogP contribution in [-0.2, 0) is 10.4 Å². The average molecular weight is 404 g/mol. The Bertz CT molecular complexity index is 1070. The van der Waals surface area contributed by atoms with Gasteiger partial charge in [-0.15, -0.1) is 0 Å². The standard InChI is InChI=1S/C20H19F3N4O2/c21-13-7-11(12-1-4-25-19-17(12)15(23)10-26-19)8-14(22)18(13)20(29)2-5-27(6-3-20)16(28)9-24/h1,4,7-8,10,29H,2-3,5-6,9,24H2,(H,25,26). The maximum absolute atomic E-state index is 15.0. The number of fused-ring (bicyclic) bond motifs is 1. The molecule has 1 aliphatic rings. The highest BCUT2D eigenvalue weighted by molar-refractivity contribution is 5.93. The van der Waals surface area contributed by atoms with E-state index in [2.05, 4.69) is 9.97 Å². The Kier molecular flexibility index (Phi) is 4.79. The maximum Gasteiger partial charge on any atom is 0.236 e. The van der Waals surface area contributed by atoms with Gasteiger partial charge in [0, 0.05) is 25.5 Å². The molecule has 3 heterocycles. The highest BCUT2D eigenvalue weighted by Crippen LogP contribution is 2.39. The minimum Gasteiger partial charge on any atom is -0.385 e. The number of aliphatic hydroxyl groups is 1. The molecule has 0 atom stereocenters. The van der Waals surface area contributed by atoms with E-state index in [0.717, 1.165) is 18.3 Å². The first-order valence-corrected chi connectivity index (χ1v) is 9.16. The lowest BCUT2D eigenvalue weighted by Crippen LogP contribution is -2.47. The van der Waals surface area contributed by atoms with Gasteiger partial charge in [0.1, 0.15) is 17.3 Å². The summed E-state index contributed by atoms with van der Waals surface area (Å²) in [6.45, 7) is 0.130. The number of likely N-dealkylation sites (tertiary alicyclic amines) is 1. The van der Waals surface area contributed by atoms with Crippen molar-refractivity contribution in [1.29, 1.82) is 0 Å². The van der Waals surface area contributed by atoms with Gasteiger partial charge in [0.15, 0.2) is 5.82 Å². The fraction of sp³-hybridized carbons (Fsp3) is 0.300. The van der Waals surface area contributed by atoms with Crippen LogP contribution >= 0.6 is 0 Å². The summed E-state index contributed by atoms with van der Waals surface area (Å²) < 4.78 is 44.0. The maximum atomic E-state index is 15.0. The Labute approximate surface area is 164 Å². The lowest BCUT2D eigenvalue weighted by atomic mass is 9.83. The molecule has 9 heteroatoms. The number of carbonyl (C=O) groups is 1. The van der Waals surface area contributed by atoms with Crippen LogP contribution in [0.1, 0.15) is 18.4 Å². The number of hydrogen-bond donors (Lipinski definition) is 3. The van der Waals surface area contributed by atoms with Crippen molar-refractivity contribution >= 4 is 16.9 Å². The molecule has 4 rings (SSSR count). The molecule has 3 aromatic rings. The second-order valence-corrected chi connectivity index (χ2v) is 7.15. The molecule has 1 saturated heterocycles. The minimum atomic E-state index is -1.75. The second-order valence-electron chi connectivity index (χ2n) is 7.15. The van der Waals surface area contributed by atoms with Crippen LogP contribution in [0.3, 0.4) is 0 Å². The van der Waals surface area contributed by atoms with E-state index in [0.29, 0.717) is 0 Å². The zero-order valence-electron chi connectivity index (χ0n) is 15.4. The summed E-state index contributed by atoms with van der Waals surface area (Å²) in [5.41, 5.74) is 3.83. The first-order valence-electron chi connectivity index (χ1n) is 9.16. The fourth-order valence-corrected chi connectivity index (χ4v) is 3.94. The highest BCUT2D eigenvalue weighted by atomic mass is 19.1. The SMILES string of the molecule is NCC(=O)N1CCC(O)(c2c(F)cc(-c3ccnc4[nH]cc(F)c34)cc2F)CC1. The summed E-state index contributed by atoms with van der Waals surface area (Å²) in [4.78, 5) is 19.8. The molecule has 0 bridgehead atoms. The summed E-state index contributed by atoms with van der Waals surface area (Å²) in [7, 11) is 0. The number of nitrogens with zero attached hydrogens (tertiary/aromatic N) is 2. The molecule has 0 aliphatic carbocycles. The van der Waals surface area contributed by atoms with Crippen LogP contribution in [0.5, 0.6) is 0 Å². The zero-order valence-corrected chi connectivity index (χ0v) is 15.4. The number of carbonyl (C=O) groups excluding carboxylic acids is 1. The van der Waals surface area contributed by atoms with Crippen molar-refractivity contribution in [2.75, 3.05) is 19.6 Å². The van der Waals surface area contributed by atoms with Gasteiger partial charge in [0.05, 0.1) is 23.1 Å². The predicted molar refractivity (Wildman–Crippen MR) is 100 cm³/mol. The van der Waals surface area contributed by atoms with Crippen LogP contribution in [0.15, 0.2) is 30.6 Å². The molecule has 1 fully saturated rings. The number of pyridine rings is 1. The van der Waals surface area contributed by atoms with Gasteiger partial charge in [-0.1, -0.05) is 0 Å². The summed E-state index contributed by atoms with van der Waals surface area (Å²) in [6, 6.07) is 3.63. The molecule has 29 heavy (non-hydrogen) atoms. The Morgan fingerprint density at radius 2 is 1.86 bits per heavy atom. The molecular formula is C20H19F3N4O2. The van der Waals surface area contributed by atoms with Gasteiger partial charge in [-0.25, -0.2) is 18.2 Å². The van der Waals surface area contributed by atoms with E-state index in [4.69, 9.17) is 5.73 Å². The molecule has 0 radical (unpaired) electrons. The predicted octanol–water partition coefficient (Wildman–Crippen LogP) is 2.42.